The van der Waals surface area contributed by atoms with Crippen LogP contribution in [0.15, 0.2) is 30.6 Å². The van der Waals surface area contributed by atoms with E-state index < -0.39 is 12.0 Å². The molecule has 18 heavy (non-hydrogen) atoms. The molecule has 2 aromatic rings. The molecule has 0 saturated heterocycles. The maximum absolute atomic E-state index is 11.1. The number of hydrogen-bond acceptors (Lipinski definition) is 4. The highest BCUT2D eigenvalue weighted by Crippen LogP contribution is 2.19. The highest BCUT2D eigenvalue weighted by atomic mass is 16.4. The summed E-state index contributed by atoms with van der Waals surface area (Å²) >= 11 is 0. The largest absolute Gasteiger partial charge is 0.480 e. The van der Waals surface area contributed by atoms with Crippen molar-refractivity contribution in [1.29, 1.82) is 0 Å². The number of carboxylic acids is 1. The minimum Gasteiger partial charge on any atom is -0.480 e. The molecule has 0 bridgehead atoms. The second kappa shape index (κ2) is 5.44. The molecule has 0 aliphatic carbocycles. The molecule has 2 N–H and O–H groups in total. The number of nitrogens with zero attached hydrogens (tertiary/aromatic N) is 2. The number of nitrogens with one attached hydrogen (secondary N) is 1. The first-order valence-corrected chi connectivity index (χ1v) is 5.91. The first-order chi connectivity index (χ1) is 8.72. The predicted octanol–water partition coefficient (Wildman–Crippen LogP) is 2.29. The number of aliphatic carboxylic acids is 1. The lowest BCUT2D eigenvalue weighted by molar-refractivity contribution is -0.138. The standard InChI is InChI=1S/C13H15N3O2/c1-2-5-11(13(17)18)16-12-9-6-3-4-7-10(9)14-8-15-12/h3-4,6-8,11H,2,5H2,1H3,(H,17,18)(H,14,15,16)/t11-/m1/s1. The Morgan fingerprint density at radius 2 is 2.17 bits per heavy atom. The summed E-state index contributed by atoms with van der Waals surface area (Å²) < 4.78 is 0. The van der Waals surface area contributed by atoms with Gasteiger partial charge in [-0.25, -0.2) is 14.8 Å². The number of carbonyl (C=O) groups is 1. The second-order valence-corrected chi connectivity index (χ2v) is 4.06. The number of fused-ring (bicyclic) bond motifs is 1. The molecular formula is C13H15N3O2. The topological polar surface area (TPSA) is 75.1 Å². The van der Waals surface area contributed by atoms with Crippen LogP contribution in [-0.2, 0) is 4.79 Å². The fourth-order valence-electron chi connectivity index (χ4n) is 1.83. The third-order valence-corrected chi connectivity index (χ3v) is 2.73. The lowest BCUT2D eigenvalue weighted by Crippen LogP contribution is -2.29. The van der Waals surface area contributed by atoms with Gasteiger partial charge in [0.25, 0.3) is 0 Å². The number of anilines is 1. The van der Waals surface area contributed by atoms with E-state index >= 15 is 0 Å². The maximum Gasteiger partial charge on any atom is 0.326 e. The lowest BCUT2D eigenvalue weighted by Gasteiger charge is -2.15. The van der Waals surface area contributed by atoms with Crippen molar-refractivity contribution in [2.45, 2.75) is 25.8 Å². The van der Waals surface area contributed by atoms with Crippen molar-refractivity contribution in [3.63, 3.8) is 0 Å². The molecule has 2 rings (SSSR count). The summed E-state index contributed by atoms with van der Waals surface area (Å²) in [6.45, 7) is 1.95. The van der Waals surface area contributed by atoms with Crippen LogP contribution in [0, 0.1) is 0 Å². The van der Waals surface area contributed by atoms with Crippen molar-refractivity contribution in [3.05, 3.63) is 30.6 Å². The molecule has 5 nitrogen and oxygen atoms in total. The van der Waals surface area contributed by atoms with E-state index in [0.717, 1.165) is 17.3 Å². The molecule has 0 amide bonds. The molecule has 0 radical (unpaired) electrons. The van der Waals surface area contributed by atoms with Crippen molar-refractivity contribution in [1.82, 2.24) is 9.97 Å². The smallest absolute Gasteiger partial charge is 0.326 e. The van der Waals surface area contributed by atoms with Crippen molar-refractivity contribution in [3.8, 4) is 0 Å². The fourth-order valence-corrected chi connectivity index (χ4v) is 1.83. The molecule has 1 aromatic carbocycles. The Morgan fingerprint density at radius 3 is 2.89 bits per heavy atom. The molecule has 0 saturated carbocycles. The third kappa shape index (κ3) is 2.56. The van der Waals surface area contributed by atoms with Gasteiger partial charge in [-0.15, -0.1) is 0 Å². The summed E-state index contributed by atoms with van der Waals surface area (Å²) in [6, 6.07) is 6.90. The summed E-state index contributed by atoms with van der Waals surface area (Å²) in [5.41, 5.74) is 0.802. The number of hydrogen-bond donors (Lipinski definition) is 2. The van der Waals surface area contributed by atoms with Crippen molar-refractivity contribution in [2.24, 2.45) is 0 Å². The zero-order chi connectivity index (χ0) is 13.0. The summed E-state index contributed by atoms with van der Waals surface area (Å²) in [5, 5.41) is 12.9. The van der Waals surface area contributed by atoms with Gasteiger partial charge >= 0.3 is 5.97 Å². The first-order valence-electron chi connectivity index (χ1n) is 5.91. The molecule has 0 aliphatic heterocycles. The van der Waals surface area contributed by atoms with Crippen LogP contribution in [0.1, 0.15) is 19.8 Å². The zero-order valence-corrected chi connectivity index (χ0v) is 10.1. The van der Waals surface area contributed by atoms with Crippen LogP contribution in [-0.4, -0.2) is 27.1 Å². The fraction of sp³-hybridized carbons (Fsp3) is 0.308. The van der Waals surface area contributed by atoms with Gasteiger partial charge in [0.2, 0.25) is 0 Å². The van der Waals surface area contributed by atoms with Crippen molar-refractivity contribution in [2.75, 3.05) is 5.32 Å². The average Bonchev–Trinajstić information content (AvgIpc) is 2.38. The average molecular weight is 245 g/mol. The van der Waals surface area contributed by atoms with E-state index in [-0.39, 0.29) is 0 Å². The molecule has 5 heteroatoms. The molecule has 1 aromatic heterocycles. The minimum absolute atomic E-state index is 0.563. The van der Waals surface area contributed by atoms with Crippen LogP contribution in [0.25, 0.3) is 10.9 Å². The van der Waals surface area contributed by atoms with Gasteiger partial charge in [0.05, 0.1) is 5.52 Å². The monoisotopic (exact) mass is 245 g/mol. The highest BCUT2D eigenvalue weighted by molar-refractivity contribution is 5.90. The number of para-hydroxylation sites is 1. The van der Waals surface area contributed by atoms with Gasteiger partial charge in [0.15, 0.2) is 0 Å². The van der Waals surface area contributed by atoms with Crippen LogP contribution in [0.4, 0.5) is 5.82 Å². The SMILES string of the molecule is CCC[C@@H](Nc1ncnc2ccccc12)C(=O)O. The van der Waals surface area contributed by atoms with Gasteiger partial charge in [-0.2, -0.15) is 0 Å². The van der Waals surface area contributed by atoms with Crippen LogP contribution in [0.5, 0.6) is 0 Å². The van der Waals surface area contributed by atoms with Crippen molar-refractivity contribution >= 4 is 22.7 Å². The molecule has 0 aliphatic rings. The summed E-state index contributed by atoms with van der Waals surface area (Å²) in [7, 11) is 0. The minimum atomic E-state index is -0.862. The Morgan fingerprint density at radius 1 is 1.39 bits per heavy atom. The van der Waals surface area contributed by atoms with Gasteiger partial charge < -0.3 is 10.4 Å². The van der Waals surface area contributed by atoms with E-state index in [0.29, 0.717) is 12.2 Å². The summed E-state index contributed by atoms with van der Waals surface area (Å²) in [6.07, 6.45) is 2.80. The lowest BCUT2D eigenvalue weighted by atomic mass is 10.1. The summed E-state index contributed by atoms with van der Waals surface area (Å²) in [5.74, 6) is -0.291. The van der Waals surface area contributed by atoms with Crippen LogP contribution in [0.3, 0.4) is 0 Å². The van der Waals surface area contributed by atoms with Gasteiger partial charge in [-0.1, -0.05) is 25.5 Å². The molecule has 0 unspecified atom stereocenters. The molecule has 0 fully saturated rings. The van der Waals surface area contributed by atoms with E-state index in [1.807, 2.05) is 31.2 Å². The molecule has 94 valence electrons. The quantitative estimate of drug-likeness (QED) is 0.845. The van der Waals surface area contributed by atoms with Crippen molar-refractivity contribution < 1.29 is 9.90 Å². The Balaban J connectivity index is 2.33. The number of benzene rings is 1. The van der Waals surface area contributed by atoms with Gasteiger partial charge in [-0.05, 0) is 18.6 Å². The van der Waals surface area contributed by atoms with E-state index in [2.05, 4.69) is 15.3 Å². The normalized spacial score (nSPS) is 12.3. The molecule has 0 spiro atoms. The second-order valence-electron chi connectivity index (χ2n) is 4.06. The predicted molar refractivity (Wildman–Crippen MR) is 69.5 cm³/mol. The molecule has 1 atom stereocenters. The van der Waals surface area contributed by atoms with E-state index in [9.17, 15) is 4.79 Å². The number of aromatic nitrogens is 2. The summed E-state index contributed by atoms with van der Waals surface area (Å²) in [4.78, 5) is 19.4. The maximum atomic E-state index is 11.1. The third-order valence-electron chi connectivity index (χ3n) is 2.73. The van der Waals surface area contributed by atoms with E-state index in [4.69, 9.17) is 5.11 Å². The molecular weight excluding hydrogens is 230 g/mol. The Labute approximate surface area is 105 Å². The Bertz CT molecular complexity index is 551. The van der Waals surface area contributed by atoms with Crippen LogP contribution >= 0.6 is 0 Å². The molecule has 1 heterocycles. The Kier molecular flexibility index (Phi) is 3.72. The van der Waals surface area contributed by atoms with Crippen LogP contribution in [0.2, 0.25) is 0 Å². The van der Waals surface area contributed by atoms with Gasteiger partial charge in [-0.3, -0.25) is 0 Å². The van der Waals surface area contributed by atoms with Gasteiger partial charge in [0, 0.05) is 5.39 Å². The van der Waals surface area contributed by atoms with Crippen LogP contribution < -0.4 is 5.32 Å². The van der Waals surface area contributed by atoms with E-state index in [1.165, 1.54) is 6.33 Å². The van der Waals surface area contributed by atoms with E-state index in [1.54, 1.807) is 0 Å². The number of rotatable bonds is 5. The zero-order valence-electron chi connectivity index (χ0n) is 10.1. The first kappa shape index (κ1) is 12.3. The highest BCUT2D eigenvalue weighted by Gasteiger charge is 2.17. The number of carboxylic acid groups (broad SMARTS) is 1. The van der Waals surface area contributed by atoms with Gasteiger partial charge in [0.1, 0.15) is 18.2 Å². The Hall–Kier alpha value is -2.17.